The van der Waals surface area contributed by atoms with E-state index in [2.05, 4.69) is 5.32 Å². The van der Waals surface area contributed by atoms with Crippen molar-refractivity contribution in [2.45, 2.75) is 6.04 Å². The highest BCUT2D eigenvalue weighted by molar-refractivity contribution is 5.92. The number of nitrogens with one attached hydrogen (secondary N) is 2. The number of ether oxygens (including phenoxy) is 1. The molecular weight excluding hydrogens is 259 g/mol. The average Bonchev–Trinajstić information content (AvgIpc) is 2.37. The number of rotatable bonds is 5. The van der Waals surface area contributed by atoms with Crippen molar-refractivity contribution in [1.82, 2.24) is 5.32 Å². The van der Waals surface area contributed by atoms with E-state index < -0.39 is 30.5 Å². The van der Waals surface area contributed by atoms with Crippen LogP contribution in [0.1, 0.15) is 0 Å². The summed E-state index contributed by atoms with van der Waals surface area (Å²) in [5.74, 6) is -2.02. The van der Waals surface area contributed by atoms with Gasteiger partial charge in [-0.3, -0.25) is 0 Å². The van der Waals surface area contributed by atoms with Gasteiger partial charge >= 0.3 is 12.0 Å². The van der Waals surface area contributed by atoms with E-state index in [1.807, 2.05) is 5.32 Å². The highest BCUT2D eigenvalue weighted by Gasteiger charge is 2.18. The zero-order chi connectivity index (χ0) is 14.4. The molecule has 104 valence electrons. The van der Waals surface area contributed by atoms with E-state index in [0.29, 0.717) is 0 Å². The number of aliphatic carboxylic acids is 1. The lowest BCUT2D eigenvalue weighted by molar-refractivity contribution is -0.140. The minimum Gasteiger partial charge on any atom is -0.494 e. The van der Waals surface area contributed by atoms with Gasteiger partial charge in [0.25, 0.3) is 0 Å². The summed E-state index contributed by atoms with van der Waals surface area (Å²) in [7, 11) is 1.27. The van der Waals surface area contributed by atoms with Crippen LogP contribution in [0, 0.1) is 5.82 Å². The van der Waals surface area contributed by atoms with E-state index in [1.54, 1.807) is 0 Å². The summed E-state index contributed by atoms with van der Waals surface area (Å²) in [6.07, 6.45) is 0. The van der Waals surface area contributed by atoms with Crippen LogP contribution in [-0.2, 0) is 4.79 Å². The van der Waals surface area contributed by atoms with E-state index in [4.69, 9.17) is 14.9 Å². The summed E-state index contributed by atoms with van der Waals surface area (Å²) in [5.41, 5.74) is 0.220. The topological polar surface area (TPSA) is 108 Å². The van der Waals surface area contributed by atoms with Gasteiger partial charge < -0.3 is 25.6 Å². The smallest absolute Gasteiger partial charge is 0.328 e. The van der Waals surface area contributed by atoms with Crippen molar-refractivity contribution in [1.29, 1.82) is 0 Å². The second-order valence-electron chi connectivity index (χ2n) is 3.52. The number of hydrogen-bond acceptors (Lipinski definition) is 4. The molecule has 2 amide bonds. The molecule has 8 heteroatoms. The van der Waals surface area contributed by atoms with Gasteiger partial charge in [-0.1, -0.05) is 0 Å². The maximum Gasteiger partial charge on any atom is 0.328 e. The van der Waals surface area contributed by atoms with Crippen molar-refractivity contribution >= 4 is 17.7 Å². The Morgan fingerprint density at radius 1 is 1.47 bits per heavy atom. The fourth-order valence-electron chi connectivity index (χ4n) is 1.25. The number of halogens is 1. The Kier molecular flexibility index (Phi) is 5.07. The number of urea groups is 1. The fourth-order valence-corrected chi connectivity index (χ4v) is 1.25. The van der Waals surface area contributed by atoms with Crippen LogP contribution in [0.3, 0.4) is 0 Å². The lowest BCUT2D eigenvalue weighted by atomic mass is 10.3. The number of anilines is 1. The van der Waals surface area contributed by atoms with E-state index >= 15 is 0 Å². The highest BCUT2D eigenvalue weighted by atomic mass is 19.1. The predicted molar refractivity (Wildman–Crippen MR) is 63.6 cm³/mol. The second-order valence-corrected chi connectivity index (χ2v) is 3.52. The van der Waals surface area contributed by atoms with Gasteiger partial charge in [0.2, 0.25) is 0 Å². The number of hydrogen-bond donors (Lipinski definition) is 4. The van der Waals surface area contributed by atoms with Crippen molar-refractivity contribution in [2.75, 3.05) is 19.0 Å². The van der Waals surface area contributed by atoms with E-state index in [0.717, 1.165) is 6.07 Å². The first-order valence-corrected chi connectivity index (χ1v) is 5.22. The van der Waals surface area contributed by atoms with Gasteiger partial charge in [-0.2, -0.15) is 0 Å². The van der Waals surface area contributed by atoms with Crippen molar-refractivity contribution < 1.29 is 28.9 Å². The number of carboxylic acid groups (broad SMARTS) is 1. The average molecular weight is 272 g/mol. The number of carbonyl (C=O) groups excluding carboxylic acids is 1. The number of carbonyl (C=O) groups is 2. The van der Waals surface area contributed by atoms with Crippen LogP contribution >= 0.6 is 0 Å². The first-order valence-electron chi connectivity index (χ1n) is 5.22. The molecule has 0 aliphatic heterocycles. The zero-order valence-electron chi connectivity index (χ0n) is 10.0. The fraction of sp³-hybridized carbons (Fsp3) is 0.273. The summed E-state index contributed by atoms with van der Waals surface area (Å²) in [5, 5.41) is 21.7. The summed E-state index contributed by atoms with van der Waals surface area (Å²) >= 11 is 0. The van der Waals surface area contributed by atoms with E-state index in [1.165, 1.54) is 19.2 Å². The maximum atomic E-state index is 13.1. The van der Waals surface area contributed by atoms with Crippen LogP contribution in [-0.4, -0.2) is 42.0 Å². The molecule has 7 nitrogen and oxygen atoms in total. The van der Waals surface area contributed by atoms with Crippen LogP contribution in [0.4, 0.5) is 14.9 Å². The molecule has 1 rings (SSSR count). The van der Waals surface area contributed by atoms with Crippen LogP contribution in [0.25, 0.3) is 0 Å². The molecule has 1 atom stereocenters. The van der Waals surface area contributed by atoms with Crippen molar-refractivity contribution in [3.63, 3.8) is 0 Å². The van der Waals surface area contributed by atoms with Crippen LogP contribution in [0.2, 0.25) is 0 Å². The lowest BCUT2D eigenvalue weighted by Gasteiger charge is -2.13. The molecule has 0 aliphatic rings. The number of carboxylic acids is 1. The van der Waals surface area contributed by atoms with Crippen LogP contribution < -0.4 is 15.4 Å². The van der Waals surface area contributed by atoms with Gasteiger partial charge in [0.1, 0.15) is 0 Å². The molecule has 1 aromatic rings. The first-order chi connectivity index (χ1) is 8.97. The number of aliphatic hydroxyl groups is 1. The monoisotopic (exact) mass is 272 g/mol. The maximum absolute atomic E-state index is 13.1. The molecule has 19 heavy (non-hydrogen) atoms. The molecule has 0 bridgehead atoms. The van der Waals surface area contributed by atoms with Gasteiger partial charge in [0, 0.05) is 11.8 Å². The Morgan fingerprint density at radius 2 is 2.16 bits per heavy atom. The Morgan fingerprint density at radius 3 is 2.68 bits per heavy atom. The second kappa shape index (κ2) is 6.55. The predicted octanol–water partition coefficient (Wildman–Crippen LogP) is 0.401. The minimum atomic E-state index is -1.41. The summed E-state index contributed by atoms with van der Waals surface area (Å²) in [6, 6.07) is 1.36. The van der Waals surface area contributed by atoms with Crippen LogP contribution in [0.5, 0.6) is 5.75 Å². The first kappa shape index (κ1) is 14.7. The summed E-state index contributed by atoms with van der Waals surface area (Å²) < 4.78 is 17.8. The molecule has 4 N–H and O–H groups in total. The molecular formula is C11H13FN2O5. The molecule has 0 radical (unpaired) electrons. The molecule has 0 unspecified atom stereocenters. The summed E-state index contributed by atoms with van der Waals surface area (Å²) in [6.45, 7) is -0.741. The molecule has 0 spiro atoms. The molecule has 0 aliphatic carbocycles. The molecule has 0 fully saturated rings. The SMILES string of the molecule is COc1cc(NC(=O)N[C@@H](CO)C(=O)O)ccc1F. The molecule has 0 aromatic heterocycles. The molecule has 1 aromatic carbocycles. The van der Waals surface area contributed by atoms with Crippen molar-refractivity contribution in [3.8, 4) is 5.75 Å². The molecule has 0 saturated carbocycles. The van der Waals surface area contributed by atoms with E-state index in [9.17, 15) is 14.0 Å². The van der Waals surface area contributed by atoms with Gasteiger partial charge in [0.15, 0.2) is 17.6 Å². The standard InChI is InChI=1S/C11H13FN2O5/c1-19-9-4-6(2-3-7(9)12)13-11(18)14-8(5-15)10(16)17/h2-4,8,15H,5H2,1H3,(H,16,17)(H2,13,14,18)/t8-/m0/s1. The van der Waals surface area contributed by atoms with E-state index in [-0.39, 0.29) is 11.4 Å². The minimum absolute atomic E-state index is 0.0604. The van der Waals surface area contributed by atoms with Crippen LogP contribution in [0.15, 0.2) is 18.2 Å². The number of aliphatic hydroxyl groups excluding tert-OH is 1. The number of methoxy groups -OCH3 is 1. The third kappa shape index (κ3) is 4.11. The highest BCUT2D eigenvalue weighted by Crippen LogP contribution is 2.21. The van der Waals surface area contributed by atoms with Crippen molar-refractivity contribution in [3.05, 3.63) is 24.0 Å². The Labute approximate surface area is 108 Å². The Bertz CT molecular complexity index is 480. The molecule has 0 saturated heterocycles. The number of benzene rings is 1. The summed E-state index contributed by atoms with van der Waals surface area (Å²) in [4.78, 5) is 22.0. The Hall–Kier alpha value is -2.35. The third-order valence-electron chi connectivity index (χ3n) is 2.19. The molecule has 0 heterocycles. The number of amides is 2. The zero-order valence-corrected chi connectivity index (χ0v) is 10.0. The van der Waals surface area contributed by atoms with Gasteiger partial charge in [-0.25, -0.2) is 14.0 Å². The van der Waals surface area contributed by atoms with Crippen molar-refractivity contribution in [2.24, 2.45) is 0 Å². The lowest BCUT2D eigenvalue weighted by Crippen LogP contribution is -2.45. The normalized spacial score (nSPS) is 11.5. The quantitative estimate of drug-likeness (QED) is 0.620. The third-order valence-corrected chi connectivity index (χ3v) is 2.19. The van der Waals surface area contributed by atoms with Gasteiger partial charge in [0.05, 0.1) is 13.7 Å². The van der Waals surface area contributed by atoms with Gasteiger partial charge in [-0.05, 0) is 12.1 Å². The van der Waals surface area contributed by atoms with Gasteiger partial charge in [-0.15, -0.1) is 0 Å². The largest absolute Gasteiger partial charge is 0.494 e. The Balaban J connectivity index is 2.69.